The fourth-order valence-electron chi connectivity index (χ4n) is 8.44. The topological polar surface area (TPSA) is 144 Å². The molecule has 50 heavy (non-hydrogen) atoms. The Kier molecular flexibility index (Phi) is 17.1. The van der Waals surface area contributed by atoms with E-state index < -0.39 is 95.8 Å². The SMILES string of the molecule is CC[C@H]1OC(=O)[C@H](C)[C@@H](OC2CC(C)(C)C(O)C(C)O2)[C@H](C)[C@@H](OC2OC(C)CC(N(C)C)C2O)[C-](C)C[C@@H](C)C(=O)[C@H](C)[C@@H](O)C1(C)C.[Y]. The van der Waals surface area contributed by atoms with Crippen LogP contribution in [0.2, 0.25) is 0 Å². The number of nitrogens with zero attached hydrogens (tertiary/aromatic N) is 1. The molecule has 3 fully saturated rings. The fraction of sp³-hybridized carbons (Fsp3) is 0.921. The van der Waals surface area contributed by atoms with Crippen LogP contribution in [0.15, 0.2) is 0 Å². The van der Waals surface area contributed by atoms with Crippen LogP contribution < -0.4 is 0 Å². The van der Waals surface area contributed by atoms with Crippen molar-refractivity contribution >= 4 is 11.8 Å². The number of aliphatic hydroxyl groups is 3. The van der Waals surface area contributed by atoms with Crippen LogP contribution in [0.4, 0.5) is 0 Å². The van der Waals surface area contributed by atoms with Crippen molar-refractivity contribution < 1.29 is 81.3 Å². The Morgan fingerprint density at radius 1 is 0.920 bits per heavy atom. The maximum absolute atomic E-state index is 14.1. The molecule has 11 nitrogen and oxygen atoms in total. The van der Waals surface area contributed by atoms with E-state index in [0.717, 1.165) is 5.92 Å². The number of rotatable bonds is 6. The molecule has 3 heterocycles. The molecule has 0 aromatic heterocycles. The number of aliphatic hydroxyl groups excluding tert-OH is 3. The predicted octanol–water partition coefficient (Wildman–Crippen LogP) is 4.52. The smallest absolute Gasteiger partial charge is 0.311 e. The largest absolute Gasteiger partial charge is 0.461 e. The Balaban J connectivity index is 0.00000867. The second-order valence-electron chi connectivity index (χ2n) is 17.0. The molecular formula is C38H68NO10Y-. The van der Waals surface area contributed by atoms with Crippen LogP contribution in [0.1, 0.15) is 109 Å². The van der Waals surface area contributed by atoms with Gasteiger partial charge in [0.05, 0.1) is 36.4 Å². The van der Waals surface area contributed by atoms with Gasteiger partial charge in [0.2, 0.25) is 0 Å². The number of hydrogen-bond acceptors (Lipinski definition) is 11. The predicted molar refractivity (Wildman–Crippen MR) is 186 cm³/mol. The zero-order valence-electron chi connectivity index (χ0n) is 33.2. The van der Waals surface area contributed by atoms with Crippen LogP contribution in [0.5, 0.6) is 0 Å². The average molecular weight is 788 g/mol. The van der Waals surface area contributed by atoms with Gasteiger partial charge < -0.3 is 43.9 Å². The van der Waals surface area contributed by atoms with Crippen molar-refractivity contribution in [2.75, 3.05) is 14.1 Å². The number of Topliss-reactive ketones (excluding diaryl/α,β-unsaturated/α-hetero) is 1. The molecule has 289 valence electrons. The zero-order chi connectivity index (χ0) is 37.3. The summed E-state index contributed by atoms with van der Waals surface area (Å²) in [5, 5.41) is 33.9. The van der Waals surface area contributed by atoms with E-state index in [1.807, 2.05) is 88.2 Å². The van der Waals surface area contributed by atoms with E-state index >= 15 is 0 Å². The molecule has 0 aromatic rings. The van der Waals surface area contributed by atoms with E-state index in [-0.39, 0.29) is 50.6 Å². The standard InChI is InChI=1S/C38H68NO10.Y/c1-15-27-38(11,12)33(42)22(5)29(40)19(2)16-20(3)31(49-36-30(41)26(39(13)14)17-21(4)45-36)23(6)32(24(7)35(44)47-27)48-28-18-37(9,10)34(43)25(8)46-28;/h19,21-28,30-34,36,41-43H,15-18H2,1-14H3;/q-1;/t19-,21?,22+,23-,24-,25?,26?,27-,28?,30?,31+,32+,33-,34?,36?;/m1./s1. The maximum atomic E-state index is 14.1. The third-order valence-corrected chi connectivity index (χ3v) is 11.8. The molecule has 3 saturated heterocycles. The summed E-state index contributed by atoms with van der Waals surface area (Å²) in [6, 6.07) is -0.202. The summed E-state index contributed by atoms with van der Waals surface area (Å²) in [5.41, 5.74) is -1.42. The molecule has 3 N–H and O–H groups in total. The number of ether oxygens (including phenoxy) is 5. The first-order valence-corrected chi connectivity index (χ1v) is 18.4. The molecular weight excluding hydrogens is 719 g/mol. The number of carbonyl (C=O) groups is 2. The van der Waals surface area contributed by atoms with Crippen molar-refractivity contribution in [2.45, 2.75) is 176 Å². The third-order valence-electron chi connectivity index (χ3n) is 11.8. The van der Waals surface area contributed by atoms with Gasteiger partial charge in [0.1, 0.15) is 18.0 Å². The number of carbonyl (C=O) groups excluding carboxylic acids is 2. The van der Waals surface area contributed by atoms with Gasteiger partial charge in [-0.05, 0) is 65.0 Å². The molecule has 0 saturated carbocycles. The first kappa shape index (κ1) is 46.1. The maximum Gasteiger partial charge on any atom is 0.311 e. The van der Waals surface area contributed by atoms with Gasteiger partial charge in [0.15, 0.2) is 12.6 Å². The molecule has 0 spiro atoms. The minimum Gasteiger partial charge on any atom is -0.461 e. The number of esters is 1. The summed E-state index contributed by atoms with van der Waals surface area (Å²) < 4.78 is 32.1. The fourth-order valence-corrected chi connectivity index (χ4v) is 8.44. The van der Waals surface area contributed by atoms with E-state index in [1.54, 1.807) is 13.8 Å². The van der Waals surface area contributed by atoms with Crippen molar-refractivity contribution in [3.63, 3.8) is 0 Å². The quantitative estimate of drug-likeness (QED) is 0.258. The molecule has 0 bridgehead atoms. The number of ketones is 1. The van der Waals surface area contributed by atoms with Crippen molar-refractivity contribution in [3.05, 3.63) is 5.92 Å². The van der Waals surface area contributed by atoms with Crippen molar-refractivity contribution in [1.82, 2.24) is 4.90 Å². The van der Waals surface area contributed by atoms with E-state index in [9.17, 15) is 24.9 Å². The van der Waals surface area contributed by atoms with Gasteiger partial charge in [0.25, 0.3) is 0 Å². The molecule has 15 atom stereocenters. The van der Waals surface area contributed by atoms with Crippen LogP contribution in [-0.4, -0.2) is 114 Å². The molecule has 3 aliphatic rings. The second kappa shape index (κ2) is 18.5. The minimum absolute atomic E-state index is 0. The Hall–Kier alpha value is -0.0761. The first-order valence-electron chi connectivity index (χ1n) is 18.4. The first-order chi connectivity index (χ1) is 22.5. The summed E-state index contributed by atoms with van der Waals surface area (Å²) >= 11 is 0. The van der Waals surface area contributed by atoms with Crippen LogP contribution in [-0.2, 0) is 66.0 Å². The summed E-state index contributed by atoms with van der Waals surface area (Å²) in [5.74, 6) is -2.20. The Morgan fingerprint density at radius 3 is 2.06 bits per heavy atom. The monoisotopic (exact) mass is 787 g/mol. The van der Waals surface area contributed by atoms with E-state index in [4.69, 9.17) is 23.7 Å². The van der Waals surface area contributed by atoms with Gasteiger partial charge in [0, 0.05) is 56.5 Å². The second-order valence-corrected chi connectivity index (χ2v) is 17.0. The van der Waals surface area contributed by atoms with Crippen molar-refractivity contribution in [1.29, 1.82) is 0 Å². The van der Waals surface area contributed by atoms with Crippen LogP contribution in [0, 0.1) is 40.4 Å². The molecule has 7 unspecified atom stereocenters. The van der Waals surface area contributed by atoms with Crippen LogP contribution >= 0.6 is 0 Å². The van der Waals surface area contributed by atoms with E-state index in [2.05, 4.69) is 0 Å². The molecule has 3 aliphatic heterocycles. The van der Waals surface area contributed by atoms with E-state index in [0.29, 0.717) is 25.7 Å². The molecule has 0 aliphatic carbocycles. The van der Waals surface area contributed by atoms with Crippen molar-refractivity contribution in [2.24, 2.45) is 34.5 Å². The van der Waals surface area contributed by atoms with E-state index in [1.165, 1.54) is 0 Å². The van der Waals surface area contributed by atoms with Gasteiger partial charge in [-0.25, -0.2) is 0 Å². The Morgan fingerprint density at radius 2 is 1.52 bits per heavy atom. The normalized spacial score (nSPS) is 43.8. The summed E-state index contributed by atoms with van der Waals surface area (Å²) in [4.78, 5) is 29.9. The van der Waals surface area contributed by atoms with Gasteiger partial charge in [-0.1, -0.05) is 61.5 Å². The zero-order valence-corrected chi connectivity index (χ0v) is 36.1. The van der Waals surface area contributed by atoms with Crippen LogP contribution in [0.25, 0.3) is 0 Å². The summed E-state index contributed by atoms with van der Waals surface area (Å²) in [6.07, 6.45) is -5.43. The number of likely N-dealkylation sites (N-methyl/N-ethyl adjacent to an activating group) is 1. The van der Waals surface area contributed by atoms with Crippen molar-refractivity contribution in [3.8, 4) is 0 Å². The molecule has 1 radical (unpaired) electrons. The van der Waals surface area contributed by atoms with Gasteiger partial charge in [-0.2, -0.15) is 13.3 Å². The van der Waals surface area contributed by atoms with Gasteiger partial charge in [-0.3, -0.25) is 15.5 Å². The summed E-state index contributed by atoms with van der Waals surface area (Å²) in [6.45, 7) is 22.5. The Labute approximate surface area is 327 Å². The Bertz CT molecular complexity index is 1110. The number of hydrogen-bond donors (Lipinski definition) is 3. The van der Waals surface area contributed by atoms with Gasteiger partial charge >= 0.3 is 5.97 Å². The minimum atomic E-state index is -1.06. The molecule has 12 heteroatoms. The average Bonchev–Trinajstić information content (AvgIpc) is 3.02. The molecule has 0 aromatic carbocycles. The molecule has 0 amide bonds. The summed E-state index contributed by atoms with van der Waals surface area (Å²) in [7, 11) is 3.83. The third kappa shape index (κ3) is 10.4. The number of cyclic esters (lactones) is 1. The molecule has 3 rings (SSSR count). The van der Waals surface area contributed by atoms with Crippen LogP contribution in [0.3, 0.4) is 0 Å². The van der Waals surface area contributed by atoms with Gasteiger partial charge in [-0.15, -0.1) is 0 Å².